The van der Waals surface area contributed by atoms with E-state index in [0.717, 1.165) is 6.26 Å². The first-order valence-corrected chi connectivity index (χ1v) is 10.2. The molecular weight excluding hydrogens is 379 g/mol. The second kappa shape index (κ2) is 8.51. The predicted octanol–water partition coefficient (Wildman–Crippen LogP) is 3.97. The van der Waals surface area contributed by atoms with E-state index in [1.807, 2.05) is 0 Å². The van der Waals surface area contributed by atoms with Crippen LogP contribution in [0.3, 0.4) is 0 Å². The van der Waals surface area contributed by atoms with Crippen LogP contribution in [-0.2, 0) is 14.8 Å². The summed E-state index contributed by atoms with van der Waals surface area (Å²) in [5.74, 6) is -0.903. The van der Waals surface area contributed by atoms with Gasteiger partial charge >= 0.3 is 0 Å². The SMILES string of the molecule is Cc1c(Cl)cccc1N(CCCC(=O)Nc1ccccc1F)S(C)(=O)=O. The lowest BCUT2D eigenvalue weighted by atomic mass is 10.2. The summed E-state index contributed by atoms with van der Waals surface area (Å²) in [6.45, 7) is 1.85. The molecule has 0 spiro atoms. The van der Waals surface area contributed by atoms with Crippen molar-refractivity contribution in [3.63, 3.8) is 0 Å². The van der Waals surface area contributed by atoms with Gasteiger partial charge in [-0.1, -0.05) is 29.8 Å². The maximum atomic E-state index is 13.5. The molecule has 26 heavy (non-hydrogen) atoms. The molecule has 140 valence electrons. The van der Waals surface area contributed by atoms with Crippen molar-refractivity contribution in [2.24, 2.45) is 0 Å². The van der Waals surface area contributed by atoms with E-state index in [1.165, 1.54) is 22.5 Å². The van der Waals surface area contributed by atoms with Gasteiger partial charge in [-0.15, -0.1) is 0 Å². The minimum atomic E-state index is -3.54. The molecule has 0 aliphatic heterocycles. The topological polar surface area (TPSA) is 66.5 Å². The van der Waals surface area contributed by atoms with Crippen molar-refractivity contribution in [3.05, 3.63) is 58.9 Å². The van der Waals surface area contributed by atoms with Gasteiger partial charge in [-0.3, -0.25) is 9.10 Å². The van der Waals surface area contributed by atoms with E-state index in [0.29, 0.717) is 16.3 Å². The number of carbonyl (C=O) groups is 1. The van der Waals surface area contributed by atoms with E-state index in [9.17, 15) is 17.6 Å². The fraction of sp³-hybridized carbons (Fsp3) is 0.278. The first kappa shape index (κ1) is 20.2. The van der Waals surface area contributed by atoms with Gasteiger partial charge in [0.1, 0.15) is 5.82 Å². The van der Waals surface area contributed by atoms with Crippen LogP contribution in [0.1, 0.15) is 18.4 Å². The number of hydrogen-bond acceptors (Lipinski definition) is 3. The summed E-state index contributed by atoms with van der Waals surface area (Å²) in [6, 6.07) is 10.9. The fourth-order valence-corrected chi connectivity index (χ4v) is 3.68. The molecule has 2 rings (SSSR count). The molecule has 1 amide bonds. The lowest BCUT2D eigenvalue weighted by molar-refractivity contribution is -0.116. The average Bonchev–Trinajstić information content (AvgIpc) is 2.56. The molecule has 0 aliphatic carbocycles. The highest BCUT2D eigenvalue weighted by Crippen LogP contribution is 2.28. The highest BCUT2D eigenvalue weighted by molar-refractivity contribution is 7.92. The van der Waals surface area contributed by atoms with Crippen LogP contribution in [-0.4, -0.2) is 27.1 Å². The number of para-hydroxylation sites is 1. The zero-order valence-electron chi connectivity index (χ0n) is 14.5. The summed E-state index contributed by atoms with van der Waals surface area (Å²) >= 11 is 6.08. The van der Waals surface area contributed by atoms with Crippen LogP contribution in [0, 0.1) is 12.7 Å². The van der Waals surface area contributed by atoms with E-state index in [1.54, 1.807) is 31.2 Å². The van der Waals surface area contributed by atoms with Crippen LogP contribution in [0.2, 0.25) is 5.02 Å². The Bertz CT molecular complexity index is 903. The summed E-state index contributed by atoms with van der Waals surface area (Å²) in [4.78, 5) is 12.0. The van der Waals surface area contributed by atoms with Crippen molar-refractivity contribution in [1.82, 2.24) is 0 Å². The minimum absolute atomic E-state index is 0.0555. The molecule has 0 unspecified atom stereocenters. The Balaban J connectivity index is 2.03. The van der Waals surface area contributed by atoms with Crippen LogP contribution in [0.4, 0.5) is 15.8 Å². The molecule has 0 saturated carbocycles. The number of anilines is 2. The van der Waals surface area contributed by atoms with Crippen LogP contribution in [0.25, 0.3) is 0 Å². The maximum absolute atomic E-state index is 13.5. The molecule has 0 heterocycles. The summed E-state index contributed by atoms with van der Waals surface area (Å²) < 4.78 is 39.1. The molecule has 0 atom stereocenters. The highest BCUT2D eigenvalue weighted by Gasteiger charge is 2.20. The molecule has 0 fully saturated rings. The Morgan fingerprint density at radius 2 is 1.88 bits per heavy atom. The second-order valence-electron chi connectivity index (χ2n) is 5.85. The Hall–Kier alpha value is -2.12. The van der Waals surface area contributed by atoms with Crippen LogP contribution in [0.15, 0.2) is 42.5 Å². The smallest absolute Gasteiger partial charge is 0.232 e. The van der Waals surface area contributed by atoms with Gasteiger partial charge in [0.05, 0.1) is 17.6 Å². The summed E-state index contributed by atoms with van der Waals surface area (Å²) in [5.41, 5.74) is 1.23. The molecule has 0 saturated heterocycles. The standard InChI is InChI=1S/C18H20ClFN2O3S/c1-13-14(19)7-5-10-17(13)22(26(2,24)25)12-6-11-18(23)21-16-9-4-3-8-15(16)20/h3-5,7-10H,6,11-12H2,1-2H3,(H,21,23). The van der Waals surface area contributed by atoms with Crippen molar-refractivity contribution in [3.8, 4) is 0 Å². The Labute approximate surface area is 157 Å². The quantitative estimate of drug-likeness (QED) is 0.767. The minimum Gasteiger partial charge on any atom is -0.324 e. The third-order valence-electron chi connectivity index (χ3n) is 3.82. The van der Waals surface area contributed by atoms with E-state index in [4.69, 9.17) is 11.6 Å². The number of nitrogens with one attached hydrogen (secondary N) is 1. The predicted molar refractivity (Wildman–Crippen MR) is 103 cm³/mol. The van der Waals surface area contributed by atoms with Gasteiger partial charge in [0, 0.05) is 18.0 Å². The number of carbonyl (C=O) groups excluding carboxylic acids is 1. The van der Waals surface area contributed by atoms with Gasteiger partial charge in [-0.25, -0.2) is 12.8 Å². The normalized spacial score (nSPS) is 11.2. The summed E-state index contributed by atoms with van der Waals surface area (Å²) in [5, 5.41) is 2.95. The second-order valence-corrected chi connectivity index (χ2v) is 8.16. The molecule has 0 aliphatic rings. The van der Waals surface area contributed by atoms with Crippen molar-refractivity contribution in [2.75, 3.05) is 22.4 Å². The lowest BCUT2D eigenvalue weighted by Crippen LogP contribution is -2.32. The number of rotatable bonds is 7. The Morgan fingerprint density at radius 3 is 2.54 bits per heavy atom. The van der Waals surface area contributed by atoms with E-state index < -0.39 is 15.8 Å². The summed E-state index contributed by atoms with van der Waals surface area (Å²) in [6.07, 6.45) is 1.44. The average molecular weight is 399 g/mol. The van der Waals surface area contributed by atoms with Crippen molar-refractivity contribution < 1.29 is 17.6 Å². The molecule has 0 bridgehead atoms. The van der Waals surface area contributed by atoms with Crippen molar-refractivity contribution >= 4 is 38.9 Å². The molecule has 2 aromatic rings. The lowest BCUT2D eigenvalue weighted by Gasteiger charge is -2.24. The Morgan fingerprint density at radius 1 is 1.19 bits per heavy atom. The third kappa shape index (κ3) is 5.19. The number of hydrogen-bond donors (Lipinski definition) is 1. The molecule has 2 aromatic carbocycles. The first-order valence-electron chi connectivity index (χ1n) is 7.97. The highest BCUT2D eigenvalue weighted by atomic mass is 35.5. The molecule has 8 heteroatoms. The molecule has 5 nitrogen and oxygen atoms in total. The van der Waals surface area contributed by atoms with Gasteiger partial charge in [0.2, 0.25) is 15.9 Å². The van der Waals surface area contributed by atoms with Gasteiger partial charge in [0.25, 0.3) is 0 Å². The number of halogens is 2. The monoisotopic (exact) mass is 398 g/mol. The zero-order valence-corrected chi connectivity index (χ0v) is 16.1. The number of sulfonamides is 1. The molecular formula is C18H20ClFN2O3S. The van der Waals surface area contributed by atoms with E-state index >= 15 is 0 Å². The summed E-state index contributed by atoms with van der Waals surface area (Å²) in [7, 11) is -3.54. The Kier molecular flexibility index (Phi) is 6.61. The number of amides is 1. The van der Waals surface area contributed by atoms with Gasteiger partial charge in [0.15, 0.2) is 0 Å². The number of benzene rings is 2. The van der Waals surface area contributed by atoms with Crippen LogP contribution >= 0.6 is 11.6 Å². The van der Waals surface area contributed by atoms with Crippen LogP contribution in [0.5, 0.6) is 0 Å². The fourth-order valence-electron chi connectivity index (χ4n) is 2.49. The van der Waals surface area contributed by atoms with Gasteiger partial charge in [-0.2, -0.15) is 0 Å². The first-order chi connectivity index (χ1) is 12.2. The maximum Gasteiger partial charge on any atom is 0.232 e. The molecule has 0 radical (unpaired) electrons. The van der Waals surface area contributed by atoms with E-state index in [-0.39, 0.29) is 31.0 Å². The largest absolute Gasteiger partial charge is 0.324 e. The van der Waals surface area contributed by atoms with Crippen molar-refractivity contribution in [2.45, 2.75) is 19.8 Å². The zero-order chi connectivity index (χ0) is 19.3. The van der Waals surface area contributed by atoms with Gasteiger partial charge < -0.3 is 5.32 Å². The van der Waals surface area contributed by atoms with Gasteiger partial charge in [-0.05, 0) is 43.2 Å². The van der Waals surface area contributed by atoms with E-state index in [2.05, 4.69) is 5.32 Å². The molecule has 0 aromatic heterocycles. The van der Waals surface area contributed by atoms with Crippen molar-refractivity contribution in [1.29, 1.82) is 0 Å². The molecule has 1 N–H and O–H groups in total. The van der Waals surface area contributed by atoms with Crippen LogP contribution < -0.4 is 9.62 Å². The number of nitrogens with zero attached hydrogens (tertiary/aromatic N) is 1. The third-order valence-corrected chi connectivity index (χ3v) is 5.41.